The van der Waals surface area contributed by atoms with Crippen molar-refractivity contribution < 1.29 is 9.53 Å². The van der Waals surface area contributed by atoms with Gasteiger partial charge in [0, 0.05) is 16.3 Å². The van der Waals surface area contributed by atoms with Gasteiger partial charge in [0.1, 0.15) is 5.75 Å². The fourth-order valence-corrected chi connectivity index (χ4v) is 1.82. The number of nitrogens with two attached hydrogens (primary N) is 1. The lowest BCUT2D eigenvalue weighted by atomic mass is 10.2. The maximum absolute atomic E-state index is 12.1. The number of methoxy groups -OCH3 is 1. The standard InChI is InChI=1S/C14H13ClN2O2/c1-19-13-6-5-10(15)8-12(13)17-14(18)9-3-2-4-11(16)7-9/h2-8H,16H2,1H3,(H,17,18). The van der Waals surface area contributed by atoms with Gasteiger partial charge in [-0.15, -0.1) is 0 Å². The second kappa shape index (κ2) is 5.63. The minimum Gasteiger partial charge on any atom is -0.495 e. The van der Waals surface area contributed by atoms with E-state index in [0.29, 0.717) is 27.7 Å². The Balaban J connectivity index is 2.26. The largest absolute Gasteiger partial charge is 0.495 e. The summed E-state index contributed by atoms with van der Waals surface area (Å²) in [5.74, 6) is 0.273. The van der Waals surface area contributed by atoms with Gasteiger partial charge in [-0.2, -0.15) is 0 Å². The van der Waals surface area contributed by atoms with Crippen LogP contribution in [0, 0.1) is 0 Å². The molecule has 0 bridgehead atoms. The number of hydrogen-bond donors (Lipinski definition) is 2. The molecule has 0 radical (unpaired) electrons. The first kappa shape index (κ1) is 13.2. The first-order valence-electron chi connectivity index (χ1n) is 5.60. The molecular weight excluding hydrogens is 264 g/mol. The molecule has 0 aromatic heterocycles. The second-order valence-corrected chi connectivity index (χ2v) is 4.36. The van der Waals surface area contributed by atoms with Gasteiger partial charge in [0.2, 0.25) is 0 Å². The van der Waals surface area contributed by atoms with Crippen LogP contribution in [-0.2, 0) is 0 Å². The van der Waals surface area contributed by atoms with E-state index in [-0.39, 0.29) is 5.91 Å². The summed E-state index contributed by atoms with van der Waals surface area (Å²) in [6.07, 6.45) is 0. The zero-order chi connectivity index (χ0) is 13.8. The highest BCUT2D eigenvalue weighted by Crippen LogP contribution is 2.28. The third-order valence-corrected chi connectivity index (χ3v) is 2.79. The molecule has 4 nitrogen and oxygen atoms in total. The molecule has 2 aromatic rings. The number of nitrogens with one attached hydrogen (secondary N) is 1. The van der Waals surface area contributed by atoms with Gasteiger partial charge in [0.25, 0.3) is 5.91 Å². The highest BCUT2D eigenvalue weighted by atomic mass is 35.5. The number of carbonyl (C=O) groups is 1. The average Bonchev–Trinajstić information content (AvgIpc) is 2.39. The Labute approximate surface area is 116 Å². The third kappa shape index (κ3) is 3.17. The highest BCUT2D eigenvalue weighted by Gasteiger charge is 2.10. The molecule has 1 amide bonds. The predicted molar refractivity (Wildman–Crippen MR) is 76.8 cm³/mol. The molecule has 0 unspecified atom stereocenters. The first-order chi connectivity index (χ1) is 9.10. The Bertz CT molecular complexity index is 614. The van der Waals surface area contributed by atoms with Crippen LogP contribution in [0.15, 0.2) is 42.5 Å². The zero-order valence-electron chi connectivity index (χ0n) is 10.3. The van der Waals surface area contributed by atoms with Crippen molar-refractivity contribution in [3.05, 3.63) is 53.1 Å². The van der Waals surface area contributed by atoms with Gasteiger partial charge in [-0.25, -0.2) is 0 Å². The van der Waals surface area contributed by atoms with Crippen molar-refractivity contribution in [1.82, 2.24) is 0 Å². The molecule has 98 valence electrons. The lowest BCUT2D eigenvalue weighted by molar-refractivity contribution is 0.102. The summed E-state index contributed by atoms with van der Waals surface area (Å²) in [5.41, 5.74) is 7.17. The van der Waals surface area contributed by atoms with Crippen LogP contribution >= 0.6 is 11.6 Å². The van der Waals surface area contributed by atoms with E-state index in [4.69, 9.17) is 22.1 Å². The van der Waals surface area contributed by atoms with Gasteiger partial charge in [-0.3, -0.25) is 4.79 Å². The molecule has 0 saturated heterocycles. The van der Waals surface area contributed by atoms with Crippen LogP contribution < -0.4 is 15.8 Å². The molecule has 19 heavy (non-hydrogen) atoms. The van der Waals surface area contributed by atoms with Crippen molar-refractivity contribution in [3.63, 3.8) is 0 Å². The van der Waals surface area contributed by atoms with E-state index in [1.807, 2.05) is 0 Å². The summed E-state index contributed by atoms with van der Waals surface area (Å²) in [5, 5.41) is 3.26. The Morgan fingerprint density at radius 1 is 1.26 bits per heavy atom. The molecule has 2 aromatic carbocycles. The van der Waals surface area contributed by atoms with Crippen LogP contribution in [0.25, 0.3) is 0 Å². The molecule has 0 spiro atoms. The summed E-state index contributed by atoms with van der Waals surface area (Å²) in [6.45, 7) is 0. The minimum absolute atomic E-state index is 0.270. The maximum atomic E-state index is 12.1. The molecular formula is C14H13ClN2O2. The van der Waals surface area contributed by atoms with E-state index in [2.05, 4.69) is 5.32 Å². The topological polar surface area (TPSA) is 64.3 Å². The fourth-order valence-electron chi connectivity index (χ4n) is 1.65. The summed E-state index contributed by atoms with van der Waals surface area (Å²) in [4.78, 5) is 12.1. The third-order valence-electron chi connectivity index (χ3n) is 2.56. The molecule has 0 aliphatic carbocycles. The van der Waals surface area contributed by atoms with Crippen LogP contribution in [0.1, 0.15) is 10.4 Å². The molecule has 0 atom stereocenters. The number of anilines is 2. The molecule has 0 heterocycles. The lowest BCUT2D eigenvalue weighted by Gasteiger charge is -2.10. The van der Waals surface area contributed by atoms with E-state index in [1.54, 1.807) is 42.5 Å². The molecule has 2 rings (SSSR count). The van der Waals surface area contributed by atoms with Crippen molar-refractivity contribution in [2.24, 2.45) is 0 Å². The molecule has 3 N–H and O–H groups in total. The molecule has 0 fully saturated rings. The van der Waals surface area contributed by atoms with E-state index in [1.165, 1.54) is 7.11 Å². The van der Waals surface area contributed by atoms with Gasteiger partial charge in [0.05, 0.1) is 12.8 Å². The van der Waals surface area contributed by atoms with Gasteiger partial charge in [-0.05, 0) is 36.4 Å². The maximum Gasteiger partial charge on any atom is 0.255 e. The van der Waals surface area contributed by atoms with Crippen LogP contribution in [-0.4, -0.2) is 13.0 Å². The van der Waals surface area contributed by atoms with Crippen molar-refractivity contribution in [3.8, 4) is 5.75 Å². The van der Waals surface area contributed by atoms with Crippen LogP contribution in [0.5, 0.6) is 5.75 Å². The molecule has 0 saturated carbocycles. The van der Waals surface area contributed by atoms with Crippen LogP contribution in [0.4, 0.5) is 11.4 Å². The molecule has 0 aliphatic rings. The van der Waals surface area contributed by atoms with E-state index in [0.717, 1.165) is 0 Å². The number of benzene rings is 2. The SMILES string of the molecule is COc1ccc(Cl)cc1NC(=O)c1cccc(N)c1. The quantitative estimate of drug-likeness (QED) is 0.846. The Hall–Kier alpha value is -2.20. The number of amides is 1. The molecule has 5 heteroatoms. The highest BCUT2D eigenvalue weighted by molar-refractivity contribution is 6.31. The van der Waals surface area contributed by atoms with E-state index >= 15 is 0 Å². The summed E-state index contributed by atoms with van der Waals surface area (Å²) in [7, 11) is 1.53. The lowest BCUT2D eigenvalue weighted by Crippen LogP contribution is -2.12. The van der Waals surface area contributed by atoms with Gasteiger partial charge in [0.15, 0.2) is 0 Å². The number of rotatable bonds is 3. The second-order valence-electron chi connectivity index (χ2n) is 3.92. The first-order valence-corrected chi connectivity index (χ1v) is 5.98. The summed E-state index contributed by atoms with van der Waals surface area (Å²) < 4.78 is 5.16. The zero-order valence-corrected chi connectivity index (χ0v) is 11.1. The van der Waals surface area contributed by atoms with Crippen LogP contribution in [0.2, 0.25) is 5.02 Å². The number of ether oxygens (including phenoxy) is 1. The Morgan fingerprint density at radius 3 is 2.74 bits per heavy atom. The predicted octanol–water partition coefficient (Wildman–Crippen LogP) is 3.18. The van der Waals surface area contributed by atoms with Crippen LogP contribution in [0.3, 0.4) is 0 Å². The normalized spacial score (nSPS) is 10.0. The smallest absolute Gasteiger partial charge is 0.255 e. The Kier molecular flexibility index (Phi) is 3.92. The van der Waals surface area contributed by atoms with Crippen molar-refractivity contribution in [2.45, 2.75) is 0 Å². The average molecular weight is 277 g/mol. The summed E-state index contributed by atoms with van der Waals surface area (Å²) in [6, 6.07) is 11.7. The van der Waals surface area contributed by atoms with E-state index < -0.39 is 0 Å². The number of nitrogen functional groups attached to an aromatic ring is 1. The molecule has 0 aliphatic heterocycles. The number of hydrogen-bond acceptors (Lipinski definition) is 3. The minimum atomic E-state index is -0.270. The van der Waals surface area contributed by atoms with Crippen molar-refractivity contribution in [2.75, 3.05) is 18.2 Å². The summed E-state index contributed by atoms with van der Waals surface area (Å²) >= 11 is 5.90. The number of carbonyl (C=O) groups excluding carboxylic acids is 1. The van der Waals surface area contributed by atoms with Gasteiger partial charge >= 0.3 is 0 Å². The van der Waals surface area contributed by atoms with Gasteiger partial charge in [-0.1, -0.05) is 17.7 Å². The van der Waals surface area contributed by atoms with Crippen molar-refractivity contribution >= 4 is 28.9 Å². The fraction of sp³-hybridized carbons (Fsp3) is 0.0714. The van der Waals surface area contributed by atoms with E-state index in [9.17, 15) is 4.79 Å². The monoisotopic (exact) mass is 276 g/mol. The van der Waals surface area contributed by atoms with Crippen molar-refractivity contribution in [1.29, 1.82) is 0 Å². The Morgan fingerprint density at radius 2 is 2.05 bits per heavy atom. The van der Waals surface area contributed by atoms with Gasteiger partial charge < -0.3 is 15.8 Å². The number of halogens is 1.